The first-order chi connectivity index (χ1) is 18.3. The highest BCUT2D eigenvalue weighted by Gasteiger charge is 2.32. The van der Waals surface area contributed by atoms with Gasteiger partial charge in [-0.2, -0.15) is 10.1 Å². The second kappa shape index (κ2) is 10.8. The third-order valence-corrected chi connectivity index (χ3v) is 7.03. The summed E-state index contributed by atoms with van der Waals surface area (Å²) < 4.78 is 20.9. The molecular formula is C27H33FN8O2. The molecule has 38 heavy (non-hydrogen) atoms. The summed E-state index contributed by atoms with van der Waals surface area (Å²) in [7, 11) is 1.88. The molecule has 0 spiro atoms. The summed E-state index contributed by atoms with van der Waals surface area (Å²) in [6.45, 7) is 5.14. The zero-order chi connectivity index (χ0) is 26.8. The fourth-order valence-electron chi connectivity index (χ4n) is 5.01. The van der Waals surface area contributed by atoms with E-state index in [2.05, 4.69) is 32.1 Å². The minimum atomic E-state index is -1.15. The lowest BCUT2D eigenvalue weighted by molar-refractivity contribution is -0.121. The van der Waals surface area contributed by atoms with Crippen molar-refractivity contribution in [3.8, 4) is 11.3 Å². The number of nitrogens with two attached hydrogens (primary N) is 1. The van der Waals surface area contributed by atoms with Gasteiger partial charge < -0.3 is 20.3 Å². The van der Waals surface area contributed by atoms with Crippen molar-refractivity contribution in [1.82, 2.24) is 29.5 Å². The maximum atomic E-state index is 13.5. The van der Waals surface area contributed by atoms with E-state index in [1.165, 1.54) is 12.5 Å². The Morgan fingerprint density at radius 1 is 1.24 bits per heavy atom. The quantitative estimate of drug-likeness (QED) is 0.509. The van der Waals surface area contributed by atoms with Crippen LogP contribution >= 0.6 is 0 Å². The summed E-state index contributed by atoms with van der Waals surface area (Å²) in [5, 5.41) is 4.23. The molecule has 1 saturated heterocycles. The number of nitrogens with zero attached hydrogens (tertiary/aromatic N) is 7. The molecule has 2 aliphatic heterocycles. The zero-order valence-corrected chi connectivity index (χ0v) is 21.9. The van der Waals surface area contributed by atoms with Gasteiger partial charge in [0.2, 0.25) is 5.91 Å². The van der Waals surface area contributed by atoms with Crippen LogP contribution in [-0.2, 0) is 16.6 Å². The summed E-state index contributed by atoms with van der Waals surface area (Å²) >= 11 is 0. The van der Waals surface area contributed by atoms with Crippen molar-refractivity contribution in [3.63, 3.8) is 0 Å². The first-order valence-corrected chi connectivity index (χ1v) is 13.0. The Labute approximate surface area is 221 Å². The van der Waals surface area contributed by atoms with Crippen LogP contribution in [-0.4, -0.2) is 79.9 Å². The number of hydrogen-bond donors (Lipinski definition) is 1. The van der Waals surface area contributed by atoms with E-state index in [-0.39, 0.29) is 12.6 Å². The monoisotopic (exact) mass is 520 g/mol. The molecule has 1 aromatic carbocycles. The van der Waals surface area contributed by atoms with Crippen LogP contribution in [0.1, 0.15) is 38.2 Å². The van der Waals surface area contributed by atoms with Crippen LogP contribution in [0, 0.1) is 0 Å². The lowest BCUT2D eigenvalue weighted by Gasteiger charge is -2.38. The number of aliphatic imine (C=N–C) groups is 1. The van der Waals surface area contributed by atoms with Crippen molar-refractivity contribution in [2.45, 2.75) is 44.8 Å². The van der Waals surface area contributed by atoms with E-state index in [1.54, 1.807) is 28.1 Å². The Kier molecular flexibility index (Phi) is 7.26. The topological polar surface area (TPSA) is 115 Å². The van der Waals surface area contributed by atoms with Crippen molar-refractivity contribution >= 4 is 23.0 Å². The first-order valence-electron chi connectivity index (χ1n) is 13.0. The average molecular weight is 521 g/mol. The molecule has 5 rings (SSSR count). The predicted molar refractivity (Wildman–Crippen MR) is 143 cm³/mol. The van der Waals surface area contributed by atoms with Crippen LogP contribution in [0.4, 0.5) is 4.39 Å². The van der Waals surface area contributed by atoms with Crippen LogP contribution in [0.3, 0.4) is 0 Å². The lowest BCUT2D eigenvalue weighted by Crippen LogP contribution is -2.51. The van der Waals surface area contributed by atoms with Gasteiger partial charge in [-0.05, 0) is 56.4 Å². The van der Waals surface area contributed by atoms with Gasteiger partial charge in [0.25, 0.3) is 6.02 Å². The Morgan fingerprint density at radius 2 is 2.03 bits per heavy atom. The number of aryl methyl sites for hydroxylation is 1. The molecule has 3 aromatic rings. The molecule has 4 heterocycles. The number of hydrogen-bond acceptors (Lipinski definition) is 8. The maximum absolute atomic E-state index is 13.5. The molecule has 2 aromatic heterocycles. The summed E-state index contributed by atoms with van der Waals surface area (Å²) in [4.78, 5) is 30.1. The third kappa shape index (κ3) is 5.32. The van der Waals surface area contributed by atoms with Gasteiger partial charge in [-0.15, -0.1) is 0 Å². The van der Waals surface area contributed by atoms with Gasteiger partial charge in [0, 0.05) is 38.4 Å². The van der Waals surface area contributed by atoms with Crippen LogP contribution < -0.4 is 5.73 Å². The summed E-state index contributed by atoms with van der Waals surface area (Å²) in [5.41, 5.74) is 10.4. The fourth-order valence-corrected chi connectivity index (χ4v) is 5.01. The number of amides is 1. The van der Waals surface area contributed by atoms with E-state index in [0.717, 1.165) is 48.2 Å². The van der Waals surface area contributed by atoms with E-state index in [1.807, 2.05) is 26.2 Å². The van der Waals surface area contributed by atoms with Crippen LogP contribution in [0.25, 0.3) is 22.3 Å². The van der Waals surface area contributed by atoms with E-state index >= 15 is 0 Å². The molecular weight excluding hydrogens is 487 g/mol. The van der Waals surface area contributed by atoms with E-state index in [4.69, 9.17) is 15.5 Å². The molecule has 0 bridgehead atoms. The minimum absolute atomic E-state index is 0.135. The highest BCUT2D eigenvalue weighted by molar-refractivity contribution is 5.89. The number of likely N-dealkylation sites (N-methyl/N-ethyl adjacent to an activating group) is 1. The van der Waals surface area contributed by atoms with Gasteiger partial charge in [-0.3, -0.25) is 14.5 Å². The van der Waals surface area contributed by atoms with Gasteiger partial charge in [-0.25, -0.2) is 9.37 Å². The smallest absolute Gasteiger partial charge is 0.295 e. The summed E-state index contributed by atoms with van der Waals surface area (Å²) in [5.74, 6) is 0.505. The van der Waals surface area contributed by atoms with Gasteiger partial charge >= 0.3 is 0 Å². The van der Waals surface area contributed by atoms with E-state index < -0.39 is 18.1 Å². The highest BCUT2D eigenvalue weighted by Crippen LogP contribution is 2.32. The van der Waals surface area contributed by atoms with Crippen molar-refractivity contribution in [2.75, 3.05) is 26.2 Å². The lowest BCUT2D eigenvalue weighted by atomic mass is 9.89. The summed E-state index contributed by atoms with van der Waals surface area (Å²) in [6, 6.07) is 5.83. The highest BCUT2D eigenvalue weighted by atomic mass is 19.1. The molecule has 1 fully saturated rings. The van der Waals surface area contributed by atoms with Crippen molar-refractivity contribution in [3.05, 3.63) is 54.3 Å². The molecule has 11 heteroatoms. The number of rotatable bonds is 7. The number of aromatic nitrogens is 4. The number of halogens is 1. The van der Waals surface area contributed by atoms with Crippen LogP contribution in [0.5, 0.6) is 0 Å². The SMILES string of the molecule is CCN1C(OCC(C)F)=NC(N2CCC(c3ccc4ncc(-c5cnn(C)c5)nc4c3)CC2)=CC1C(N)=O. The van der Waals surface area contributed by atoms with Crippen molar-refractivity contribution in [1.29, 1.82) is 0 Å². The number of amidine groups is 1. The standard InChI is InChI=1S/C27H33FN8O2/c1-4-36-24(26(29)37)12-25(33-27(36)38-16-17(2)28)35-9-7-18(8-10-35)19-5-6-21-22(11-19)32-23(14-30-21)20-13-31-34(3)15-20/h5-6,11-15,17-18,24H,4,7-10,16H2,1-3H3,(H2,29,37). The van der Waals surface area contributed by atoms with Crippen LogP contribution in [0.2, 0.25) is 0 Å². The van der Waals surface area contributed by atoms with Gasteiger partial charge in [0.15, 0.2) is 0 Å². The number of fused-ring (bicyclic) bond motifs is 1. The number of alkyl halides is 1. The molecule has 1 amide bonds. The van der Waals surface area contributed by atoms with Crippen molar-refractivity contribution in [2.24, 2.45) is 17.8 Å². The minimum Gasteiger partial charge on any atom is -0.462 e. The van der Waals surface area contributed by atoms with Crippen LogP contribution in [0.15, 0.2) is 53.7 Å². The molecule has 2 unspecified atom stereocenters. The number of benzene rings is 1. The maximum Gasteiger partial charge on any atom is 0.295 e. The number of carbonyl (C=O) groups excluding carboxylic acids is 1. The number of primary amides is 1. The predicted octanol–water partition coefficient (Wildman–Crippen LogP) is 2.97. The first kappa shape index (κ1) is 25.6. The van der Waals surface area contributed by atoms with Gasteiger partial charge in [0.05, 0.1) is 29.1 Å². The van der Waals surface area contributed by atoms with Gasteiger partial charge in [-0.1, -0.05) is 6.07 Å². The second-order valence-electron chi connectivity index (χ2n) is 9.81. The molecule has 2 atom stereocenters. The Morgan fingerprint density at radius 3 is 2.68 bits per heavy atom. The molecule has 200 valence electrons. The molecule has 0 aliphatic carbocycles. The molecule has 0 radical (unpaired) electrons. The zero-order valence-electron chi connectivity index (χ0n) is 21.9. The number of piperidine rings is 1. The van der Waals surface area contributed by atoms with Gasteiger partial charge in [0.1, 0.15) is 24.6 Å². The molecule has 2 aliphatic rings. The Hall–Kier alpha value is -4.02. The third-order valence-electron chi connectivity index (χ3n) is 7.03. The number of carbonyl (C=O) groups is 1. The Balaban J connectivity index is 1.32. The fraction of sp³-hybridized carbons (Fsp3) is 0.444. The Bertz CT molecular complexity index is 1380. The average Bonchev–Trinajstić information content (AvgIpc) is 3.36. The summed E-state index contributed by atoms with van der Waals surface area (Å²) in [6.07, 6.45) is 7.93. The largest absolute Gasteiger partial charge is 0.462 e. The number of likely N-dealkylation sites (tertiary alicyclic amines) is 1. The molecule has 0 saturated carbocycles. The van der Waals surface area contributed by atoms with Crippen molar-refractivity contribution < 1.29 is 13.9 Å². The van der Waals surface area contributed by atoms with E-state index in [0.29, 0.717) is 18.3 Å². The molecule has 2 N–H and O–H groups in total. The number of ether oxygens (including phenoxy) is 1. The normalized spacial score (nSPS) is 19.3. The second-order valence-corrected chi connectivity index (χ2v) is 9.81. The molecule has 10 nitrogen and oxygen atoms in total. The van der Waals surface area contributed by atoms with E-state index in [9.17, 15) is 9.18 Å².